The molecule has 0 saturated carbocycles. The molecule has 0 spiro atoms. The molecule has 1 saturated heterocycles. The molecule has 1 aromatic heterocycles. The Labute approximate surface area is 132 Å². The van der Waals surface area contributed by atoms with Gasteiger partial charge in [-0.15, -0.1) is 0 Å². The molecule has 0 bridgehead atoms. The standard InChI is InChI=1S/C18H27N3O/c1-14-12-21(13-15(2)22-14)10-4-8-19-11-16-5-3-6-18-17(16)7-9-20-18/h3,5-7,9,14-15,19-20H,4,8,10-13H2,1-2H3. The summed E-state index contributed by atoms with van der Waals surface area (Å²) in [4.78, 5) is 5.79. The number of morpholine rings is 1. The molecule has 3 rings (SSSR count). The van der Waals surface area contributed by atoms with Gasteiger partial charge in [-0.2, -0.15) is 0 Å². The van der Waals surface area contributed by atoms with Gasteiger partial charge in [0.25, 0.3) is 0 Å². The highest BCUT2D eigenvalue weighted by molar-refractivity contribution is 5.82. The van der Waals surface area contributed by atoms with Crippen LogP contribution in [0.15, 0.2) is 30.5 Å². The van der Waals surface area contributed by atoms with E-state index in [-0.39, 0.29) is 0 Å². The molecule has 4 heteroatoms. The first-order chi connectivity index (χ1) is 10.7. The van der Waals surface area contributed by atoms with Crippen molar-refractivity contribution in [2.75, 3.05) is 26.2 Å². The second-order valence-electron chi connectivity index (χ2n) is 6.40. The highest BCUT2D eigenvalue weighted by atomic mass is 16.5. The highest BCUT2D eigenvalue weighted by Gasteiger charge is 2.21. The van der Waals surface area contributed by atoms with Crippen molar-refractivity contribution in [2.45, 2.75) is 39.0 Å². The van der Waals surface area contributed by atoms with E-state index in [1.54, 1.807) is 0 Å². The van der Waals surface area contributed by atoms with Gasteiger partial charge in [0.15, 0.2) is 0 Å². The van der Waals surface area contributed by atoms with E-state index in [9.17, 15) is 0 Å². The molecular formula is C18H27N3O. The van der Waals surface area contributed by atoms with Gasteiger partial charge in [-0.3, -0.25) is 4.90 Å². The van der Waals surface area contributed by atoms with E-state index in [4.69, 9.17) is 4.74 Å². The van der Waals surface area contributed by atoms with Crippen LogP contribution in [0.25, 0.3) is 10.9 Å². The molecule has 1 aromatic carbocycles. The summed E-state index contributed by atoms with van der Waals surface area (Å²) in [6, 6.07) is 8.60. The third-order valence-electron chi connectivity index (χ3n) is 4.32. The first kappa shape index (κ1) is 15.5. The van der Waals surface area contributed by atoms with Crippen LogP contribution in [0.3, 0.4) is 0 Å². The normalized spacial score (nSPS) is 23.2. The van der Waals surface area contributed by atoms with Gasteiger partial charge in [0.05, 0.1) is 12.2 Å². The quantitative estimate of drug-likeness (QED) is 0.806. The van der Waals surface area contributed by atoms with Gasteiger partial charge in [-0.1, -0.05) is 12.1 Å². The Kier molecular flexibility index (Phi) is 5.13. The molecule has 0 aliphatic carbocycles. The molecule has 2 aromatic rings. The molecular weight excluding hydrogens is 274 g/mol. The number of fused-ring (bicyclic) bond motifs is 1. The Morgan fingerprint density at radius 3 is 2.86 bits per heavy atom. The molecule has 1 aliphatic rings. The minimum Gasteiger partial charge on any atom is -0.373 e. The molecule has 2 N–H and O–H groups in total. The smallest absolute Gasteiger partial charge is 0.0678 e. The zero-order chi connectivity index (χ0) is 15.4. The van der Waals surface area contributed by atoms with Gasteiger partial charge >= 0.3 is 0 Å². The average Bonchev–Trinajstić information content (AvgIpc) is 2.95. The van der Waals surface area contributed by atoms with E-state index in [0.717, 1.165) is 32.7 Å². The molecule has 0 amide bonds. The highest BCUT2D eigenvalue weighted by Crippen LogP contribution is 2.17. The number of rotatable bonds is 6. The topological polar surface area (TPSA) is 40.3 Å². The van der Waals surface area contributed by atoms with E-state index < -0.39 is 0 Å². The van der Waals surface area contributed by atoms with Crippen molar-refractivity contribution in [3.05, 3.63) is 36.0 Å². The number of ether oxygens (including phenoxy) is 1. The van der Waals surface area contributed by atoms with Gasteiger partial charge in [0.2, 0.25) is 0 Å². The Morgan fingerprint density at radius 1 is 1.23 bits per heavy atom. The number of benzene rings is 1. The lowest BCUT2D eigenvalue weighted by Gasteiger charge is -2.35. The second-order valence-corrected chi connectivity index (χ2v) is 6.40. The van der Waals surface area contributed by atoms with Crippen molar-refractivity contribution in [3.8, 4) is 0 Å². The predicted octanol–water partition coefficient (Wildman–Crippen LogP) is 2.76. The van der Waals surface area contributed by atoms with Crippen molar-refractivity contribution in [2.24, 2.45) is 0 Å². The molecule has 1 aliphatic heterocycles. The van der Waals surface area contributed by atoms with Crippen LogP contribution in [0.1, 0.15) is 25.8 Å². The maximum Gasteiger partial charge on any atom is 0.0678 e. The average molecular weight is 301 g/mol. The molecule has 2 atom stereocenters. The largest absolute Gasteiger partial charge is 0.373 e. The molecule has 1 fully saturated rings. The molecule has 4 nitrogen and oxygen atoms in total. The second kappa shape index (κ2) is 7.27. The molecule has 2 unspecified atom stereocenters. The number of nitrogens with zero attached hydrogens (tertiary/aromatic N) is 1. The predicted molar refractivity (Wildman–Crippen MR) is 91.1 cm³/mol. The summed E-state index contributed by atoms with van der Waals surface area (Å²) in [5, 5.41) is 4.90. The fourth-order valence-corrected chi connectivity index (χ4v) is 3.42. The minimum absolute atomic E-state index is 0.364. The van der Waals surface area contributed by atoms with Crippen molar-refractivity contribution in [3.63, 3.8) is 0 Å². The summed E-state index contributed by atoms with van der Waals surface area (Å²) in [7, 11) is 0. The summed E-state index contributed by atoms with van der Waals surface area (Å²) in [6.07, 6.45) is 3.92. The summed E-state index contributed by atoms with van der Waals surface area (Å²) in [5.41, 5.74) is 2.59. The fraction of sp³-hybridized carbons (Fsp3) is 0.556. The first-order valence-electron chi connectivity index (χ1n) is 8.36. The van der Waals surface area contributed by atoms with Crippen molar-refractivity contribution < 1.29 is 4.74 Å². The van der Waals surface area contributed by atoms with E-state index in [1.165, 1.54) is 22.9 Å². The lowest BCUT2D eigenvalue weighted by atomic mass is 10.1. The van der Waals surface area contributed by atoms with E-state index in [1.807, 2.05) is 6.20 Å². The summed E-state index contributed by atoms with van der Waals surface area (Å²) in [6.45, 7) is 9.60. The van der Waals surface area contributed by atoms with E-state index in [0.29, 0.717) is 12.2 Å². The maximum absolute atomic E-state index is 5.77. The van der Waals surface area contributed by atoms with Crippen LogP contribution in [0.4, 0.5) is 0 Å². The SMILES string of the molecule is CC1CN(CCCNCc2cccc3[nH]ccc23)CC(C)O1. The number of nitrogens with one attached hydrogen (secondary N) is 2. The monoisotopic (exact) mass is 301 g/mol. The van der Waals surface area contributed by atoms with Crippen molar-refractivity contribution in [1.82, 2.24) is 15.2 Å². The number of H-pyrrole nitrogens is 1. The maximum atomic E-state index is 5.77. The van der Waals surface area contributed by atoms with Gasteiger partial charge in [0, 0.05) is 36.7 Å². The third kappa shape index (κ3) is 3.88. The van der Waals surface area contributed by atoms with E-state index >= 15 is 0 Å². The zero-order valence-electron chi connectivity index (χ0n) is 13.6. The van der Waals surface area contributed by atoms with Crippen molar-refractivity contribution >= 4 is 10.9 Å². The zero-order valence-corrected chi connectivity index (χ0v) is 13.6. The van der Waals surface area contributed by atoms with Gasteiger partial charge in [0.1, 0.15) is 0 Å². The molecule has 120 valence electrons. The Bertz CT molecular complexity index is 585. The Hall–Kier alpha value is -1.36. The number of hydrogen-bond donors (Lipinski definition) is 2. The van der Waals surface area contributed by atoms with Crippen LogP contribution in [-0.2, 0) is 11.3 Å². The van der Waals surface area contributed by atoms with Gasteiger partial charge < -0.3 is 15.0 Å². The van der Waals surface area contributed by atoms with Crippen LogP contribution in [0.2, 0.25) is 0 Å². The summed E-state index contributed by atoms with van der Waals surface area (Å²) in [5.74, 6) is 0. The molecule has 2 heterocycles. The third-order valence-corrected chi connectivity index (χ3v) is 4.32. The van der Waals surface area contributed by atoms with Crippen LogP contribution in [0, 0.1) is 0 Å². The summed E-state index contributed by atoms with van der Waals surface area (Å²) < 4.78 is 5.77. The lowest BCUT2D eigenvalue weighted by Crippen LogP contribution is -2.46. The first-order valence-corrected chi connectivity index (χ1v) is 8.36. The molecule has 22 heavy (non-hydrogen) atoms. The van der Waals surface area contributed by atoms with Crippen molar-refractivity contribution in [1.29, 1.82) is 0 Å². The van der Waals surface area contributed by atoms with Crippen LogP contribution in [-0.4, -0.2) is 48.3 Å². The molecule has 0 radical (unpaired) electrons. The van der Waals surface area contributed by atoms with Crippen LogP contribution >= 0.6 is 0 Å². The lowest BCUT2D eigenvalue weighted by molar-refractivity contribution is -0.0680. The van der Waals surface area contributed by atoms with Crippen LogP contribution < -0.4 is 5.32 Å². The number of aromatic amines is 1. The Morgan fingerprint density at radius 2 is 2.05 bits per heavy atom. The van der Waals surface area contributed by atoms with Crippen LogP contribution in [0.5, 0.6) is 0 Å². The number of hydrogen-bond acceptors (Lipinski definition) is 3. The fourth-order valence-electron chi connectivity index (χ4n) is 3.42. The van der Waals surface area contributed by atoms with Gasteiger partial charge in [-0.25, -0.2) is 0 Å². The van der Waals surface area contributed by atoms with E-state index in [2.05, 4.69) is 53.3 Å². The summed E-state index contributed by atoms with van der Waals surface area (Å²) >= 11 is 0. The Balaban J connectivity index is 1.40. The van der Waals surface area contributed by atoms with Gasteiger partial charge in [-0.05, 0) is 51.1 Å². The minimum atomic E-state index is 0.364. The number of aromatic nitrogens is 1.